The Labute approximate surface area is 119 Å². The maximum atomic E-state index is 8.99. The molecule has 3 nitrogen and oxygen atoms in total. The molecule has 0 amide bonds. The summed E-state index contributed by atoms with van der Waals surface area (Å²) in [6.07, 6.45) is 8.78. The fourth-order valence-corrected chi connectivity index (χ4v) is 3.59. The average Bonchev–Trinajstić information content (AvgIpc) is 2.47. The van der Waals surface area contributed by atoms with Gasteiger partial charge in [0.2, 0.25) is 0 Å². The number of nitrogens with zero attached hydrogens (tertiary/aromatic N) is 1. The van der Waals surface area contributed by atoms with E-state index in [2.05, 4.69) is 17.6 Å². The topological polar surface area (TPSA) is 61.8 Å². The summed E-state index contributed by atoms with van der Waals surface area (Å²) in [5.74, 6) is 0. The second-order valence-electron chi connectivity index (χ2n) is 5.22. The van der Waals surface area contributed by atoms with Crippen LogP contribution in [-0.4, -0.2) is 17.5 Å². The number of rotatable bonds is 4. The third-order valence-corrected chi connectivity index (χ3v) is 5.40. The van der Waals surface area contributed by atoms with Crippen molar-refractivity contribution < 1.29 is 0 Å². The fourth-order valence-electron chi connectivity index (χ4n) is 2.68. The van der Waals surface area contributed by atoms with Crippen LogP contribution in [0.25, 0.3) is 0 Å². The maximum Gasteiger partial charge on any atom is 0.101 e. The Balaban J connectivity index is 2.03. The molecular formula is C15H21N3S. The van der Waals surface area contributed by atoms with E-state index in [1.54, 1.807) is 6.07 Å². The van der Waals surface area contributed by atoms with Gasteiger partial charge >= 0.3 is 0 Å². The lowest BCUT2D eigenvalue weighted by Crippen LogP contribution is -2.35. The minimum atomic E-state index is 0.354. The molecule has 2 rings (SSSR count). The lowest BCUT2D eigenvalue weighted by atomic mass is 9.88. The molecule has 3 N–H and O–H groups in total. The second kappa shape index (κ2) is 6.21. The van der Waals surface area contributed by atoms with Gasteiger partial charge in [-0.25, -0.2) is 0 Å². The van der Waals surface area contributed by atoms with Crippen LogP contribution in [0, 0.1) is 11.3 Å². The number of benzene rings is 1. The van der Waals surface area contributed by atoms with E-state index in [-0.39, 0.29) is 0 Å². The number of nitrogens with two attached hydrogens (primary N) is 1. The lowest BCUT2D eigenvalue weighted by Gasteiger charge is -2.36. The molecule has 0 saturated heterocycles. The summed E-state index contributed by atoms with van der Waals surface area (Å²) in [4.78, 5) is 0. The molecule has 0 aromatic heterocycles. The van der Waals surface area contributed by atoms with E-state index < -0.39 is 0 Å². The molecule has 1 aromatic rings. The first-order chi connectivity index (χ1) is 9.19. The number of nitriles is 1. The van der Waals surface area contributed by atoms with Crippen LogP contribution in [-0.2, 0) is 0 Å². The minimum Gasteiger partial charge on any atom is -0.398 e. The Bertz CT molecular complexity index is 473. The van der Waals surface area contributed by atoms with Crippen molar-refractivity contribution in [2.24, 2.45) is 0 Å². The molecule has 0 radical (unpaired) electrons. The van der Waals surface area contributed by atoms with Crippen molar-refractivity contribution >= 4 is 23.1 Å². The quantitative estimate of drug-likeness (QED) is 0.824. The van der Waals surface area contributed by atoms with Gasteiger partial charge in [0.15, 0.2) is 0 Å². The summed E-state index contributed by atoms with van der Waals surface area (Å²) in [6, 6.07) is 7.72. The summed E-state index contributed by atoms with van der Waals surface area (Å²) in [7, 11) is 0. The van der Waals surface area contributed by atoms with Crippen molar-refractivity contribution in [3.8, 4) is 6.07 Å². The third kappa shape index (κ3) is 3.36. The van der Waals surface area contributed by atoms with Crippen molar-refractivity contribution in [1.29, 1.82) is 5.26 Å². The number of hydrogen-bond acceptors (Lipinski definition) is 4. The Morgan fingerprint density at radius 3 is 2.74 bits per heavy atom. The van der Waals surface area contributed by atoms with Gasteiger partial charge in [-0.3, -0.25) is 0 Å². The van der Waals surface area contributed by atoms with E-state index in [0.29, 0.717) is 16.0 Å². The van der Waals surface area contributed by atoms with E-state index in [1.807, 2.05) is 23.9 Å². The molecular weight excluding hydrogens is 254 g/mol. The van der Waals surface area contributed by atoms with Crippen LogP contribution in [0.5, 0.6) is 0 Å². The first-order valence-electron chi connectivity index (χ1n) is 6.78. The Morgan fingerprint density at radius 2 is 2.11 bits per heavy atom. The molecule has 1 aliphatic rings. The molecule has 0 bridgehead atoms. The lowest BCUT2D eigenvalue weighted by molar-refractivity contribution is 0.411. The summed E-state index contributed by atoms with van der Waals surface area (Å²) in [5, 5.41) is 12.5. The Kier molecular flexibility index (Phi) is 4.60. The van der Waals surface area contributed by atoms with Gasteiger partial charge in [0, 0.05) is 22.7 Å². The van der Waals surface area contributed by atoms with Crippen molar-refractivity contribution in [3.63, 3.8) is 0 Å². The van der Waals surface area contributed by atoms with Crippen LogP contribution in [0.1, 0.15) is 37.7 Å². The van der Waals surface area contributed by atoms with Gasteiger partial charge in [-0.1, -0.05) is 19.3 Å². The molecule has 19 heavy (non-hydrogen) atoms. The van der Waals surface area contributed by atoms with E-state index in [9.17, 15) is 0 Å². The maximum absolute atomic E-state index is 8.99. The van der Waals surface area contributed by atoms with Gasteiger partial charge < -0.3 is 11.1 Å². The Morgan fingerprint density at radius 1 is 1.37 bits per heavy atom. The van der Waals surface area contributed by atoms with Gasteiger partial charge in [0.25, 0.3) is 0 Å². The highest BCUT2D eigenvalue weighted by Crippen LogP contribution is 2.38. The molecule has 1 aliphatic carbocycles. The third-order valence-electron chi connectivity index (χ3n) is 3.99. The second-order valence-corrected chi connectivity index (χ2v) is 6.49. The smallest absolute Gasteiger partial charge is 0.101 e. The van der Waals surface area contributed by atoms with Crippen LogP contribution in [0.4, 0.5) is 11.4 Å². The van der Waals surface area contributed by atoms with E-state index in [0.717, 1.165) is 12.2 Å². The highest BCUT2D eigenvalue weighted by atomic mass is 32.2. The first kappa shape index (κ1) is 14.1. The zero-order chi connectivity index (χ0) is 13.7. The molecule has 0 aliphatic heterocycles. The van der Waals surface area contributed by atoms with Crippen LogP contribution in [0.3, 0.4) is 0 Å². The number of hydrogen-bond donors (Lipinski definition) is 2. The van der Waals surface area contributed by atoms with Gasteiger partial charge in [0.1, 0.15) is 6.07 Å². The summed E-state index contributed by atoms with van der Waals surface area (Å²) < 4.78 is 0.354. The molecule has 0 unspecified atom stereocenters. The van der Waals surface area contributed by atoms with E-state index in [1.165, 1.54) is 32.1 Å². The predicted octanol–water partition coefficient (Wildman–Crippen LogP) is 3.62. The summed E-state index contributed by atoms with van der Waals surface area (Å²) >= 11 is 1.97. The molecule has 0 atom stereocenters. The highest BCUT2D eigenvalue weighted by Gasteiger charge is 2.30. The van der Waals surface area contributed by atoms with Crippen LogP contribution in [0.15, 0.2) is 18.2 Å². The standard InChI is InChI=1S/C15H21N3S/c1-19-15(7-3-2-4-8-15)11-18-13-5-6-14(17)12(9-13)10-16/h5-6,9,18H,2-4,7-8,11,17H2,1H3. The average molecular weight is 275 g/mol. The van der Waals surface area contributed by atoms with Gasteiger partial charge in [-0.2, -0.15) is 17.0 Å². The minimum absolute atomic E-state index is 0.354. The van der Waals surface area contributed by atoms with E-state index in [4.69, 9.17) is 11.0 Å². The van der Waals surface area contributed by atoms with Crippen molar-refractivity contribution in [1.82, 2.24) is 0 Å². The van der Waals surface area contributed by atoms with Gasteiger partial charge in [0.05, 0.1) is 5.56 Å². The molecule has 4 heteroatoms. The zero-order valence-corrected chi connectivity index (χ0v) is 12.2. The predicted molar refractivity (Wildman–Crippen MR) is 83.4 cm³/mol. The van der Waals surface area contributed by atoms with Crippen molar-refractivity contribution in [2.75, 3.05) is 23.9 Å². The molecule has 1 saturated carbocycles. The molecule has 0 heterocycles. The molecule has 1 fully saturated rings. The number of nitrogen functional groups attached to an aromatic ring is 1. The summed E-state index contributed by atoms with van der Waals surface area (Å²) in [6.45, 7) is 0.961. The molecule has 1 aromatic carbocycles. The Hall–Kier alpha value is -1.34. The monoisotopic (exact) mass is 275 g/mol. The molecule has 0 spiro atoms. The number of nitrogens with one attached hydrogen (secondary N) is 1. The fraction of sp³-hybridized carbons (Fsp3) is 0.533. The largest absolute Gasteiger partial charge is 0.398 e. The van der Waals surface area contributed by atoms with Gasteiger partial charge in [-0.05, 0) is 37.3 Å². The first-order valence-corrected chi connectivity index (χ1v) is 8.00. The van der Waals surface area contributed by atoms with Crippen molar-refractivity contribution in [3.05, 3.63) is 23.8 Å². The SMILES string of the molecule is CSC1(CNc2ccc(N)c(C#N)c2)CCCCC1. The van der Waals surface area contributed by atoms with E-state index >= 15 is 0 Å². The number of anilines is 2. The number of thioether (sulfide) groups is 1. The normalized spacial score (nSPS) is 17.7. The highest BCUT2D eigenvalue weighted by molar-refractivity contribution is 8.00. The van der Waals surface area contributed by atoms with Crippen LogP contribution in [0.2, 0.25) is 0 Å². The van der Waals surface area contributed by atoms with Crippen molar-refractivity contribution in [2.45, 2.75) is 36.9 Å². The molecule has 102 valence electrons. The van der Waals surface area contributed by atoms with Gasteiger partial charge in [-0.15, -0.1) is 0 Å². The summed E-state index contributed by atoms with van der Waals surface area (Å²) in [5.41, 5.74) is 7.82. The van der Waals surface area contributed by atoms with Crippen LogP contribution >= 0.6 is 11.8 Å². The van der Waals surface area contributed by atoms with Crippen LogP contribution < -0.4 is 11.1 Å². The zero-order valence-electron chi connectivity index (χ0n) is 11.4.